The lowest BCUT2D eigenvalue weighted by atomic mass is 10.2. The van der Waals surface area contributed by atoms with Gasteiger partial charge in [-0.15, -0.1) is 0 Å². The maximum atomic E-state index is 12.4. The van der Waals surface area contributed by atoms with E-state index in [4.69, 9.17) is 4.74 Å². The highest BCUT2D eigenvalue weighted by atomic mass is 16.5. The summed E-state index contributed by atoms with van der Waals surface area (Å²) in [6.07, 6.45) is 7.42. The van der Waals surface area contributed by atoms with E-state index in [1.807, 2.05) is 53.5 Å². The van der Waals surface area contributed by atoms with E-state index >= 15 is 0 Å². The highest BCUT2D eigenvalue weighted by Gasteiger charge is 2.28. The second-order valence-corrected chi connectivity index (χ2v) is 5.27. The molecule has 3 rings (SSSR count). The maximum absolute atomic E-state index is 12.4. The topological polar surface area (TPSA) is 45.7 Å². The predicted molar refractivity (Wildman–Crippen MR) is 90.6 cm³/mol. The van der Waals surface area contributed by atoms with E-state index in [0.717, 1.165) is 23.5 Å². The lowest BCUT2D eigenvalue weighted by Crippen LogP contribution is -2.31. The van der Waals surface area contributed by atoms with Crippen LogP contribution >= 0.6 is 0 Å². The number of methoxy groups -OCH3 is 1. The molecule has 118 valence electrons. The van der Waals surface area contributed by atoms with Crippen LogP contribution in [0.3, 0.4) is 0 Å². The quantitative estimate of drug-likeness (QED) is 0.853. The summed E-state index contributed by atoms with van der Waals surface area (Å²) >= 11 is 0. The molecule has 0 N–H and O–H groups in total. The van der Waals surface area contributed by atoms with Crippen molar-refractivity contribution in [2.24, 2.45) is 0 Å². The Labute approximate surface area is 135 Å². The number of urea groups is 1. The van der Waals surface area contributed by atoms with Crippen LogP contribution in [0.2, 0.25) is 0 Å². The summed E-state index contributed by atoms with van der Waals surface area (Å²) in [6.45, 7) is 2.00. The smallest absolute Gasteiger partial charge is 0.324 e. The molecule has 0 bridgehead atoms. The Bertz CT molecular complexity index is 700. The first-order valence-electron chi connectivity index (χ1n) is 7.55. The van der Waals surface area contributed by atoms with Crippen LogP contribution in [0.1, 0.15) is 5.56 Å². The number of carbonyl (C=O) groups excluding carboxylic acids is 1. The van der Waals surface area contributed by atoms with Crippen LogP contribution in [0.25, 0.3) is 6.08 Å². The summed E-state index contributed by atoms with van der Waals surface area (Å²) < 4.78 is 5.20. The van der Waals surface area contributed by atoms with Crippen LogP contribution in [0, 0.1) is 0 Å². The average molecular weight is 309 g/mol. The van der Waals surface area contributed by atoms with Crippen LogP contribution in [-0.2, 0) is 0 Å². The van der Waals surface area contributed by atoms with Crippen molar-refractivity contribution >= 4 is 17.8 Å². The Kier molecular flexibility index (Phi) is 4.57. The molecule has 0 saturated carbocycles. The molecule has 1 aliphatic heterocycles. The van der Waals surface area contributed by atoms with E-state index in [1.165, 1.54) is 0 Å². The highest BCUT2D eigenvalue weighted by molar-refractivity contribution is 5.94. The number of rotatable bonds is 5. The third kappa shape index (κ3) is 3.51. The van der Waals surface area contributed by atoms with Gasteiger partial charge in [-0.25, -0.2) is 4.79 Å². The van der Waals surface area contributed by atoms with Crippen LogP contribution in [0.15, 0.2) is 54.9 Å². The molecule has 1 aromatic carbocycles. The summed E-state index contributed by atoms with van der Waals surface area (Å²) in [5.41, 5.74) is 1.90. The number of anilines is 1. The summed E-state index contributed by atoms with van der Waals surface area (Å²) in [5, 5.41) is 0. The fourth-order valence-corrected chi connectivity index (χ4v) is 2.57. The van der Waals surface area contributed by atoms with Crippen LogP contribution in [0.4, 0.5) is 10.5 Å². The minimum atomic E-state index is 0.0216. The Balaban J connectivity index is 1.61. The molecule has 2 heterocycles. The van der Waals surface area contributed by atoms with Crippen LogP contribution in [0.5, 0.6) is 5.75 Å². The van der Waals surface area contributed by atoms with Crippen molar-refractivity contribution in [3.8, 4) is 5.75 Å². The minimum absolute atomic E-state index is 0.0216. The molecule has 23 heavy (non-hydrogen) atoms. The molecule has 0 radical (unpaired) electrons. The molecule has 0 unspecified atom stereocenters. The van der Waals surface area contributed by atoms with Crippen molar-refractivity contribution < 1.29 is 9.53 Å². The summed E-state index contributed by atoms with van der Waals surface area (Å²) in [6, 6.07) is 11.6. The second-order valence-electron chi connectivity index (χ2n) is 5.27. The zero-order valence-corrected chi connectivity index (χ0v) is 13.1. The molecular weight excluding hydrogens is 290 g/mol. The molecule has 1 aromatic heterocycles. The monoisotopic (exact) mass is 309 g/mol. The minimum Gasteiger partial charge on any atom is -0.497 e. The summed E-state index contributed by atoms with van der Waals surface area (Å²) in [7, 11) is 1.65. The first-order chi connectivity index (χ1) is 11.3. The zero-order valence-electron chi connectivity index (χ0n) is 13.1. The third-order valence-electron chi connectivity index (χ3n) is 3.78. The molecule has 1 fully saturated rings. The van der Waals surface area contributed by atoms with Gasteiger partial charge in [0.1, 0.15) is 5.75 Å². The van der Waals surface area contributed by atoms with Gasteiger partial charge >= 0.3 is 6.03 Å². The van der Waals surface area contributed by atoms with E-state index in [1.54, 1.807) is 24.4 Å². The number of amides is 2. The predicted octanol–water partition coefficient (Wildman–Crippen LogP) is 3.05. The van der Waals surface area contributed by atoms with Crippen LogP contribution < -0.4 is 9.64 Å². The van der Waals surface area contributed by atoms with Gasteiger partial charge in [-0.05, 0) is 29.8 Å². The Hall–Kier alpha value is -2.82. The Morgan fingerprint density at radius 1 is 1.26 bits per heavy atom. The van der Waals surface area contributed by atoms with E-state index in [0.29, 0.717) is 13.1 Å². The van der Waals surface area contributed by atoms with Gasteiger partial charge in [0.15, 0.2) is 0 Å². The first kappa shape index (κ1) is 15.1. The number of carbonyl (C=O) groups is 1. The number of hydrogen-bond acceptors (Lipinski definition) is 3. The van der Waals surface area contributed by atoms with Gasteiger partial charge in [-0.2, -0.15) is 0 Å². The molecular formula is C18H19N3O2. The molecule has 0 atom stereocenters. The van der Waals surface area contributed by atoms with Gasteiger partial charge in [-0.3, -0.25) is 9.88 Å². The van der Waals surface area contributed by atoms with Crippen molar-refractivity contribution in [3.63, 3.8) is 0 Å². The Morgan fingerprint density at radius 3 is 2.96 bits per heavy atom. The number of hydrogen-bond donors (Lipinski definition) is 0. The maximum Gasteiger partial charge on any atom is 0.324 e. The molecule has 1 saturated heterocycles. The number of nitrogens with zero attached hydrogens (tertiary/aromatic N) is 3. The highest BCUT2D eigenvalue weighted by Crippen LogP contribution is 2.19. The SMILES string of the molecule is COc1cccc(/C=C/CN2CCN(c3cccnc3)C2=O)c1. The van der Waals surface area contributed by atoms with Gasteiger partial charge in [0.05, 0.1) is 19.0 Å². The number of pyridine rings is 1. The first-order valence-corrected chi connectivity index (χ1v) is 7.55. The molecule has 1 aliphatic rings. The third-order valence-corrected chi connectivity index (χ3v) is 3.78. The van der Waals surface area contributed by atoms with Gasteiger partial charge in [0.25, 0.3) is 0 Å². The van der Waals surface area contributed by atoms with E-state index < -0.39 is 0 Å². The summed E-state index contributed by atoms with van der Waals surface area (Å²) in [4.78, 5) is 20.1. The van der Waals surface area contributed by atoms with Gasteiger partial charge in [0.2, 0.25) is 0 Å². The van der Waals surface area contributed by atoms with Crippen LogP contribution in [-0.4, -0.2) is 42.7 Å². The molecule has 0 spiro atoms. The second kappa shape index (κ2) is 6.96. The summed E-state index contributed by atoms with van der Waals surface area (Å²) in [5.74, 6) is 0.826. The van der Waals surface area contributed by atoms with E-state index in [-0.39, 0.29) is 6.03 Å². The fraction of sp³-hybridized carbons (Fsp3) is 0.222. The Morgan fingerprint density at radius 2 is 2.17 bits per heavy atom. The molecule has 5 heteroatoms. The van der Waals surface area contributed by atoms with Gasteiger partial charge in [-0.1, -0.05) is 24.3 Å². The number of benzene rings is 1. The van der Waals surface area contributed by atoms with E-state index in [2.05, 4.69) is 4.98 Å². The number of ether oxygens (including phenoxy) is 1. The lowest BCUT2D eigenvalue weighted by molar-refractivity contribution is 0.225. The molecule has 2 amide bonds. The average Bonchev–Trinajstić information content (AvgIpc) is 2.97. The number of aromatic nitrogens is 1. The van der Waals surface area contributed by atoms with Crippen molar-refractivity contribution in [3.05, 3.63) is 60.4 Å². The van der Waals surface area contributed by atoms with Gasteiger partial charge < -0.3 is 9.64 Å². The van der Waals surface area contributed by atoms with Crippen molar-refractivity contribution in [1.29, 1.82) is 0 Å². The zero-order chi connectivity index (χ0) is 16.1. The normalized spacial score (nSPS) is 14.7. The standard InChI is InChI=1S/C18H19N3O2/c1-23-17-8-2-5-15(13-17)6-4-10-20-11-12-21(18(20)22)16-7-3-9-19-14-16/h2-9,13-14H,10-12H2,1H3/b6-4+. The largest absolute Gasteiger partial charge is 0.497 e. The molecule has 0 aliphatic carbocycles. The van der Waals surface area contributed by atoms with Crippen molar-refractivity contribution in [1.82, 2.24) is 9.88 Å². The van der Waals surface area contributed by atoms with Crippen molar-refractivity contribution in [2.45, 2.75) is 0 Å². The molecule has 5 nitrogen and oxygen atoms in total. The fourth-order valence-electron chi connectivity index (χ4n) is 2.57. The van der Waals surface area contributed by atoms with Gasteiger partial charge in [0, 0.05) is 25.8 Å². The van der Waals surface area contributed by atoms with Crippen molar-refractivity contribution in [2.75, 3.05) is 31.6 Å². The van der Waals surface area contributed by atoms with E-state index in [9.17, 15) is 4.79 Å². The lowest BCUT2D eigenvalue weighted by Gasteiger charge is -2.17. The molecule has 2 aromatic rings.